The molecule has 0 aromatic heterocycles. The van der Waals surface area contributed by atoms with E-state index in [1.807, 2.05) is 7.05 Å². The monoisotopic (exact) mass is 463 g/mol. The summed E-state index contributed by atoms with van der Waals surface area (Å²) in [7, 11) is -4.45. The van der Waals surface area contributed by atoms with Crippen LogP contribution >= 0.6 is 35.9 Å². The minimum absolute atomic E-state index is 0.764. The van der Waals surface area contributed by atoms with Crippen LogP contribution in [0.5, 0.6) is 0 Å². The summed E-state index contributed by atoms with van der Waals surface area (Å²) in [5.41, 5.74) is 0. The van der Waals surface area contributed by atoms with Crippen molar-refractivity contribution in [1.82, 2.24) is 0 Å². The lowest BCUT2D eigenvalue weighted by Crippen LogP contribution is -1.94. The lowest BCUT2D eigenvalue weighted by Gasteiger charge is -2.23. The van der Waals surface area contributed by atoms with Gasteiger partial charge in [-0.1, -0.05) is 0 Å². The number of hydrogen-bond acceptors (Lipinski definition) is 2. The Kier molecular flexibility index (Phi) is 10.7. The van der Waals surface area contributed by atoms with E-state index in [0.717, 1.165) is 19.2 Å². The van der Waals surface area contributed by atoms with Gasteiger partial charge >= 0.3 is 0 Å². The molecule has 0 aromatic rings. The maximum Gasteiger partial charge on any atom is 0.0750 e. The van der Waals surface area contributed by atoms with Crippen molar-refractivity contribution >= 4 is 35.9 Å². The van der Waals surface area contributed by atoms with Gasteiger partial charge in [0, 0.05) is 26.9 Å². The zero-order chi connectivity index (χ0) is 20.9. The highest BCUT2D eigenvalue weighted by molar-refractivity contribution is 7.83. The van der Waals surface area contributed by atoms with Crippen LogP contribution in [0, 0.1) is 0 Å². The van der Waals surface area contributed by atoms with Crippen LogP contribution in [0.3, 0.4) is 0 Å². The molecule has 6 nitrogen and oxygen atoms in total. The quantitative estimate of drug-likeness (QED) is 0.270. The molecule has 0 aliphatic rings. The third-order valence-electron chi connectivity index (χ3n) is 3.14. The first-order chi connectivity index (χ1) is 11.4. The van der Waals surface area contributed by atoms with E-state index in [4.69, 9.17) is 22.8 Å². The van der Waals surface area contributed by atoms with E-state index >= 15 is 0 Å². The van der Waals surface area contributed by atoms with Gasteiger partial charge < -0.3 is 4.74 Å². The average molecular weight is 463 g/mol. The SMILES string of the molecule is CN=P(C)(CCCOC)N=P(C)(C)N=P(C)(C)N=P(C)(C)N=P(C)(C)C. The summed E-state index contributed by atoms with van der Waals surface area (Å²) < 4.78 is 30.6. The molecule has 11 heteroatoms. The van der Waals surface area contributed by atoms with Gasteiger partial charge in [0.2, 0.25) is 0 Å². The van der Waals surface area contributed by atoms with E-state index in [9.17, 15) is 0 Å². The van der Waals surface area contributed by atoms with E-state index < -0.39 is 35.9 Å². The van der Waals surface area contributed by atoms with Gasteiger partial charge in [-0.2, -0.15) is 0 Å². The van der Waals surface area contributed by atoms with Crippen LogP contribution < -0.4 is 0 Å². The molecular formula is C15H42N5OP5. The summed E-state index contributed by atoms with van der Waals surface area (Å²) in [6.45, 7) is 22.9. The molecule has 0 bridgehead atoms. The fraction of sp³-hybridized carbons (Fsp3) is 1.00. The normalized spacial score (nSPS) is 15.8. The maximum absolute atomic E-state index is 5.22. The van der Waals surface area contributed by atoms with Crippen molar-refractivity contribution in [1.29, 1.82) is 0 Å². The molecule has 0 fully saturated rings. The standard InChI is InChI=1S/C15H42N5OP5/c1-16-26(12,15-13-14-21-2)20-25(10,11)19-24(8,9)18-23(6,7)17-22(3,4)5/h13-15H2,1-12H3. The average Bonchev–Trinajstić information content (AvgIpc) is 2.31. The lowest BCUT2D eigenvalue weighted by atomic mass is 10.5. The van der Waals surface area contributed by atoms with Gasteiger partial charge in [-0.25, -0.2) is 13.5 Å². The third kappa shape index (κ3) is 12.5. The molecule has 0 radical (unpaired) electrons. The second kappa shape index (κ2) is 10.2. The van der Waals surface area contributed by atoms with Gasteiger partial charge in [0.1, 0.15) is 0 Å². The van der Waals surface area contributed by atoms with Crippen LogP contribution in [-0.2, 0) is 4.74 Å². The van der Waals surface area contributed by atoms with E-state index in [0.29, 0.717) is 0 Å². The Morgan fingerprint density at radius 1 is 0.654 bits per heavy atom. The summed E-state index contributed by atoms with van der Waals surface area (Å²) >= 11 is 0. The third-order valence-corrected chi connectivity index (χ3v) is 19.4. The molecule has 0 spiro atoms. The van der Waals surface area contributed by atoms with Crippen molar-refractivity contribution in [2.75, 3.05) is 93.6 Å². The van der Waals surface area contributed by atoms with Gasteiger partial charge in [-0.15, -0.1) is 0 Å². The highest BCUT2D eigenvalue weighted by atomic mass is 31.2. The van der Waals surface area contributed by atoms with Crippen LogP contribution in [0.25, 0.3) is 0 Å². The number of methoxy groups -OCH3 is 1. The first kappa shape index (κ1) is 27.1. The Hall–Kier alpha value is 1.11. The summed E-state index contributed by atoms with van der Waals surface area (Å²) in [6.07, 6.45) is 1.99. The number of ether oxygens (including phenoxy) is 1. The fourth-order valence-electron chi connectivity index (χ4n) is 2.95. The van der Waals surface area contributed by atoms with Crippen LogP contribution in [-0.4, -0.2) is 93.6 Å². The largest absolute Gasteiger partial charge is 0.385 e. The Labute approximate surface area is 163 Å². The molecule has 0 aromatic carbocycles. The van der Waals surface area contributed by atoms with Gasteiger partial charge in [0.05, 0.1) is 28.8 Å². The van der Waals surface area contributed by atoms with Crippen molar-refractivity contribution in [2.45, 2.75) is 6.42 Å². The predicted molar refractivity (Wildman–Crippen MR) is 133 cm³/mol. The lowest BCUT2D eigenvalue weighted by molar-refractivity contribution is 0.200. The van der Waals surface area contributed by atoms with E-state index in [1.165, 1.54) is 0 Å². The van der Waals surface area contributed by atoms with Crippen LogP contribution in [0.15, 0.2) is 22.8 Å². The molecule has 158 valence electrons. The van der Waals surface area contributed by atoms with Crippen molar-refractivity contribution < 1.29 is 4.74 Å². The molecule has 0 heterocycles. The summed E-state index contributed by atoms with van der Waals surface area (Å²) in [5, 5.41) is 0. The topological polar surface area (TPSA) is 71.0 Å². The van der Waals surface area contributed by atoms with E-state index in [2.05, 4.69) is 71.4 Å². The first-order valence-corrected chi connectivity index (χ1v) is 21.9. The molecule has 1 atom stereocenters. The second-order valence-electron chi connectivity index (χ2n) is 8.67. The molecule has 0 N–H and O–H groups in total. The number of nitrogens with zero attached hydrogens (tertiary/aromatic N) is 5. The first-order valence-electron chi connectivity index (χ1n) is 8.73. The predicted octanol–water partition coefficient (Wildman–Crippen LogP) is 7.62. The molecule has 0 amide bonds. The van der Waals surface area contributed by atoms with Crippen LogP contribution in [0.4, 0.5) is 0 Å². The number of rotatable bonds is 8. The fourth-order valence-corrected chi connectivity index (χ4v) is 23.5. The summed E-state index contributed by atoms with van der Waals surface area (Å²) in [4.78, 5) is 0. The zero-order valence-corrected chi connectivity index (χ0v) is 23.5. The van der Waals surface area contributed by atoms with Crippen LogP contribution in [0.1, 0.15) is 6.42 Å². The highest BCUT2D eigenvalue weighted by Crippen LogP contribution is 2.68. The Bertz CT molecular complexity index is 736. The Morgan fingerprint density at radius 3 is 1.46 bits per heavy atom. The molecule has 0 aliphatic heterocycles. The minimum atomic E-state index is -1.78. The van der Waals surface area contributed by atoms with Crippen molar-refractivity contribution in [3.63, 3.8) is 0 Å². The van der Waals surface area contributed by atoms with Gasteiger partial charge in [-0.3, -0.25) is 9.26 Å². The maximum atomic E-state index is 5.22. The Balaban J connectivity index is 6.07. The van der Waals surface area contributed by atoms with Crippen molar-refractivity contribution in [3.05, 3.63) is 0 Å². The highest BCUT2D eigenvalue weighted by Gasteiger charge is 2.18. The minimum Gasteiger partial charge on any atom is -0.385 e. The van der Waals surface area contributed by atoms with E-state index in [-0.39, 0.29) is 0 Å². The second-order valence-corrected chi connectivity index (χ2v) is 26.5. The number of hydrogen-bond donors (Lipinski definition) is 0. The molecular weight excluding hydrogens is 421 g/mol. The van der Waals surface area contributed by atoms with Crippen molar-refractivity contribution in [2.24, 2.45) is 22.8 Å². The summed E-state index contributed by atoms with van der Waals surface area (Å²) in [5.74, 6) is 0. The smallest absolute Gasteiger partial charge is 0.0750 e. The van der Waals surface area contributed by atoms with E-state index in [1.54, 1.807) is 7.11 Å². The van der Waals surface area contributed by atoms with Gasteiger partial charge in [0.25, 0.3) is 0 Å². The molecule has 0 aliphatic carbocycles. The molecule has 26 heavy (non-hydrogen) atoms. The summed E-state index contributed by atoms with van der Waals surface area (Å²) in [6, 6.07) is 0. The molecule has 0 saturated carbocycles. The zero-order valence-electron chi connectivity index (χ0n) is 19.0. The molecule has 0 saturated heterocycles. The molecule has 1 unspecified atom stereocenters. The van der Waals surface area contributed by atoms with Crippen LogP contribution in [0.2, 0.25) is 0 Å². The van der Waals surface area contributed by atoms with Gasteiger partial charge in [0.15, 0.2) is 0 Å². The Morgan fingerprint density at radius 2 is 1.08 bits per heavy atom. The van der Waals surface area contributed by atoms with Crippen molar-refractivity contribution in [3.8, 4) is 0 Å². The van der Waals surface area contributed by atoms with Gasteiger partial charge in [-0.05, 0) is 80.1 Å². The molecule has 0 rings (SSSR count).